The van der Waals surface area contributed by atoms with E-state index in [2.05, 4.69) is 62.5 Å². The number of aryl methyl sites for hydroxylation is 2. The van der Waals surface area contributed by atoms with E-state index in [1.54, 1.807) is 0 Å². The molecule has 0 aliphatic heterocycles. The number of hydrogen-bond acceptors (Lipinski definition) is 3. The van der Waals surface area contributed by atoms with E-state index in [0.29, 0.717) is 0 Å². The zero-order chi connectivity index (χ0) is 15.6. The van der Waals surface area contributed by atoms with E-state index in [1.165, 1.54) is 5.56 Å². The summed E-state index contributed by atoms with van der Waals surface area (Å²) in [6.07, 6.45) is 5.34. The summed E-state index contributed by atoms with van der Waals surface area (Å²) in [6.45, 7) is 12.6. The molecule has 116 valence electrons. The van der Waals surface area contributed by atoms with Crippen molar-refractivity contribution < 1.29 is 0 Å². The van der Waals surface area contributed by atoms with E-state index < -0.39 is 0 Å². The van der Waals surface area contributed by atoms with Crippen LogP contribution in [0.3, 0.4) is 0 Å². The van der Waals surface area contributed by atoms with Crippen LogP contribution >= 0.6 is 0 Å². The van der Waals surface area contributed by atoms with Crippen molar-refractivity contribution in [3.8, 4) is 11.3 Å². The monoisotopic (exact) mass is 289 g/mol. The average Bonchev–Trinajstić information content (AvgIpc) is 2.92. The van der Waals surface area contributed by atoms with Crippen molar-refractivity contribution in [1.82, 2.24) is 24.9 Å². The smallest absolute Gasteiger partial charge is 0.100 e. The van der Waals surface area contributed by atoms with Crippen molar-refractivity contribution in [2.45, 2.75) is 53.1 Å². The predicted molar refractivity (Wildman–Crippen MR) is 86.2 cm³/mol. The third-order valence-electron chi connectivity index (χ3n) is 3.49. The van der Waals surface area contributed by atoms with Gasteiger partial charge in [-0.1, -0.05) is 6.92 Å². The van der Waals surface area contributed by atoms with Crippen LogP contribution in [-0.4, -0.2) is 26.1 Å². The van der Waals surface area contributed by atoms with Gasteiger partial charge in [0.05, 0.1) is 11.2 Å². The lowest BCUT2D eigenvalue weighted by Crippen LogP contribution is -2.22. The van der Waals surface area contributed by atoms with Crippen LogP contribution in [0, 0.1) is 6.92 Å². The lowest BCUT2D eigenvalue weighted by atomic mass is 10.1. The molecule has 2 aromatic heterocycles. The molecule has 0 atom stereocenters. The summed E-state index contributed by atoms with van der Waals surface area (Å²) >= 11 is 0. The van der Waals surface area contributed by atoms with Gasteiger partial charge in [0.15, 0.2) is 0 Å². The Hall–Kier alpha value is -1.62. The first-order valence-corrected chi connectivity index (χ1v) is 7.63. The molecule has 0 aliphatic rings. The van der Waals surface area contributed by atoms with Gasteiger partial charge in [0.25, 0.3) is 0 Å². The van der Waals surface area contributed by atoms with Crippen molar-refractivity contribution in [1.29, 1.82) is 0 Å². The van der Waals surface area contributed by atoms with Crippen molar-refractivity contribution in [3.05, 3.63) is 23.7 Å². The molecule has 2 aromatic rings. The molecule has 0 bridgehead atoms. The van der Waals surface area contributed by atoms with Gasteiger partial charge < -0.3 is 5.32 Å². The van der Waals surface area contributed by atoms with Gasteiger partial charge in [-0.3, -0.25) is 9.36 Å². The van der Waals surface area contributed by atoms with Crippen molar-refractivity contribution in [3.63, 3.8) is 0 Å². The number of aromatic nitrogens is 4. The maximum atomic E-state index is 4.65. The highest BCUT2D eigenvalue weighted by atomic mass is 15.3. The summed E-state index contributed by atoms with van der Waals surface area (Å²) in [5, 5.41) is 12.7. The van der Waals surface area contributed by atoms with E-state index in [0.717, 1.165) is 36.5 Å². The van der Waals surface area contributed by atoms with Crippen LogP contribution in [-0.2, 0) is 19.1 Å². The van der Waals surface area contributed by atoms with Gasteiger partial charge in [0.1, 0.15) is 5.69 Å². The Bertz CT molecular complexity index is 601. The minimum Gasteiger partial charge on any atom is -0.313 e. The molecule has 2 rings (SSSR count). The maximum Gasteiger partial charge on any atom is 0.100 e. The topological polar surface area (TPSA) is 47.7 Å². The Morgan fingerprint density at radius 3 is 2.48 bits per heavy atom. The van der Waals surface area contributed by atoms with Gasteiger partial charge in [-0.05, 0) is 40.7 Å². The summed E-state index contributed by atoms with van der Waals surface area (Å²) in [5.41, 5.74) is 4.40. The van der Waals surface area contributed by atoms with Crippen LogP contribution < -0.4 is 5.32 Å². The molecule has 0 amide bonds. The van der Waals surface area contributed by atoms with Gasteiger partial charge in [-0.25, -0.2) is 0 Å². The van der Waals surface area contributed by atoms with E-state index in [-0.39, 0.29) is 5.54 Å². The first kappa shape index (κ1) is 15.8. The molecule has 0 aliphatic carbocycles. The fourth-order valence-electron chi connectivity index (χ4n) is 2.33. The molecule has 0 aromatic carbocycles. The quantitative estimate of drug-likeness (QED) is 0.861. The summed E-state index contributed by atoms with van der Waals surface area (Å²) in [5.74, 6) is 0. The Labute approximate surface area is 127 Å². The van der Waals surface area contributed by atoms with E-state index in [1.807, 2.05) is 16.4 Å². The average molecular weight is 289 g/mol. The van der Waals surface area contributed by atoms with Gasteiger partial charge in [0.2, 0.25) is 0 Å². The molecule has 21 heavy (non-hydrogen) atoms. The fraction of sp³-hybridized carbons (Fsp3) is 0.625. The van der Waals surface area contributed by atoms with Crippen LogP contribution in [0.5, 0.6) is 0 Å². The van der Waals surface area contributed by atoms with E-state index in [4.69, 9.17) is 0 Å². The minimum atomic E-state index is -0.0155. The molecule has 0 saturated carbocycles. The second kappa shape index (κ2) is 6.02. The Morgan fingerprint density at radius 2 is 1.90 bits per heavy atom. The highest BCUT2D eigenvalue weighted by Crippen LogP contribution is 2.27. The largest absolute Gasteiger partial charge is 0.313 e. The minimum absolute atomic E-state index is 0.0155. The van der Waals surface area contributed by atoms with Gasteiger partial charge in [-0.15, -0.1) is 0 Å². The molecule has 2 heterocycles. The predicted octanol–water partition coefficient (Wildman–Crippen LogP) is 2.85. The molecule has 5 heteroatoms. The number of nitrogens with zero attached hydrogens (tertiary/aromatic N) is 4. The Balaban J connectivity index is 2.35. The molecule has 0 saturated heterocycles. The zero-order valence-electron chi connectivity index (χ0n) is 14.1. The second-order valence-corrected chi connectivity index (χ2v) is 6.60. The van der Waals surface area contributed by atoms with Crippen LogP contribution in [0.4, 0.5) is 0 Å². The van der Waals surface area contributed by atoms with E-state index in [9.17, 15) is 0 Å². The van der Waals surface area contributed by atoms with Crippen molar-refractivity contribution in [2.75, 3.05) is 6.54 Å². The Kier molecular flexibility index (Phi) is 4.52. The van der Waals surface area contributed by atoms with E-state index >= 15 is 0 Å². The third-order valence-corrected chi connectivity index (χ3v) is 3.49. The molecular weight excluding hydrogens is 262 g/mol. The molecule has 0 spiro atoms. The molecule has 1 N–H and O–H groups in total. The summed E-state index contributed by atoms with van der Waals surface area (Å²) in [4.78, 5) is 0. The highest BCUT2D eigenvalue weighted by Gasteiger charge is 2.20. The molecular formula is C16H27N5. The number of nitrogens with one attached hydrogen (secondary N) is 1. The second-order valence-electron chi connectivity index (χ2n) is 6.60. The van der Waals surface area contributed by atoms with Crippen LogP contribution in [0.15, 0.2) is 12.4 Å². The lowest BCUT2D eigenvalue weighted by molar-refractivity contribution is 0.354. The first-order valence-electron chi connectivity index (χ1n) is 7.63. The van der Waals surface area contributed by atoms with Crippen LogP contribution in [0.25, 0.3) is 11.3 Å². The first-order chi connectivity index (χ1) is 9.82. The van der Waals surface area contributed by atoms with Gasteiger partial charge in [-0.2, -0.15) is 10.2 Å². The number of hydrogen-bond donors (Lipinski definition) is 1. The molecule has 0 fully saturated rings. The fourth-order valence-corrected chi connectivity index (χ4v) is 2.33. The Morgan fingerprint density at radius 1 is 1.19 bits per heavy atom. The van der Waals surface area contributed by atoms with Gasteiger partial charge >= 0.3 is 0 Å². The third kappa shape index (κ3) is 3.53. The standard InChI is InChI=1S/C16H27N5/c1-7-8-17-9-13-10-20(6)19-15(13)14-11-21(16(3,4)5)18-12(14)2/h10-11,17H,7-9H2,1-6H3. The summed E-state index contributed by atoms with van der Waals surface area (Å²) < 4.78 is 3.90. The SMILES string of the molecule is CCCNCc1cn(C)nc1-c1cn(C(C)(C)C)nc1C. The number of rotatable bonds is 5. The molecule has 5 nitrogen and oxygen atoms in total. The zero-order valence-corrected chi connectivity index (χ0v) is 14.1. The molecule has 0 radical (unpaired) electrons. The van der Waals surface area contributed by atoms with Crippen molar-refractivity contribution in [2.24, 2.45) is 7.05 Å². The normalized spacial score (nSPS) is 12.1. The van der Waals surface area contributed by atoms with Crippen LogP contribution in [0.2, 0.25) is 0 Å². The van der Waals surface area contributed by atoms with Crippen molar-refractivity contribution >= 4 is 0 Å². The maximum absolute atomic E-state index is 4.65. The van der Waals surface area contributed by atoms with Crippen LogP contribution in [0.1, 0.15) is 45.4 Å². The highest BCUT2D eigenvalue weighted by molar-refractivity contribution is 5.64. The summed E-state index contributed by atoms with van der Waals surface area (Å²) in [6, 6.07) is 0. The summed E-state index contributed by atoms with van der Waals surface area (Å²) in [7, 11) is 1.97. The lowest BCUT2D eigenvalue weighted by Gasteiger charge is -2.18. The van der Waals surface area contributed by atoms with Gasteiger partial charge in [0, 0.05) is 37.1 Å². The molecule has 0 unspecified atom stereocenters.